The van der Waals surface area contributed by atoms with Crippen molar-refractivity contribution in [2.45, 2.75) is 64.8 Å². The first-order valence-electron chi connectivity index (χ1n) is 7.90. The molecule has 0 aromatic carbocycles. The Bertz CT molecular complexity index is 425. The van der Waals surface area contributed by atoms with Gasteiger partial charge in [0.25, 0.3) is 0 Å². The fourth-order valence-corrected chi connectivity index (χ4v) is 3.26. The molecule has 0 radical (unpaired) electrons. The molecule has 20 heavy (non-hydrogen) atoms. The molecular weight excluding hydrogens is 268 g/mol. The highest BCUT2D eigenvalue weighted by atomic mass is 35.5. The van der Waals surface area contributed by atoms with Crippen molar-refractivity contribution in [1.29, 1.82) is 0 Å². The maximum atomic E-state index is 6.13. The van der Waals surface area contributed by atoms with Crippen LogP contribution in [0, 0.1) is 12.8 Å². The van der Waals surface area contributed by atoms with Crippen molar-refractivity contribution in [2.24, 2.45) is 5.92 Å². The standard InChI is InChI=1S/C17H27ClN2/c1-13(2)8-9-20(16-6-4-5-7-16)17-10-14(3)19-12-15(17)11-18/h10,12-13,16H,4-9,11H2,1-3H3. The summed E-state index contributed by atoms with van der Waals surface area (Å²) in [5.41, 5.74) is 3.58. The van der Waals surface area contributed by atoms with E-state index in [0.29, 0.717) is 11.9 Å². The highest BCUT2D eigenvalue weighted by Crippen LogP contribution is 2.32. The summed E-state index contributed by atoms with van der Waals surface area (Å²) in [4.78, 5) is 7.01. The fraction of sp³-hybridized carbons (Fsp3) is 0.706. The van der Waals surface area contributed by atoms with Crippen molar-refractivity contribution in [1.82, 2.24) is 4.98 Å². The second kappa shape index (κ2) is 7.31. The number of rotatable bonds is 6. The molecule has 2 nitrogen and oxygen atoms in total. The molecule has 0 unspecified atom stereocenters. The monoisotopic (exact) mass is 294 g/mol. The Labute approximate surface area is 128 Å². The van der Waals surface area contributed by atoms with Gasteiger partial charge in [-0.05, 0) is 38.2 Å². The number of hydrogen-bond donors (Lipinski definition) is 0. The lowest BCUT2D eigenvalue weighted by Crippen LogP contribution is -2.35. The Hall–Kier alpha value is -0.760. The minimum Gasteiger partial charge on any atom is -0.368 e. The molecule has 3 heteroatoms. The molecule has 112 valence electrons. The molecule has 0 amide bonds. The highest BCUT2D eigenvalue weighted by Gasteiger charge is 2.24. The summed E-state index contributed by atoms with van der Waals surface area (Å²) in [5, 5.41) is 0. The number of halogens is 1. The molecule has 1 aliphatic rings. The summed E-state index contributed by atoms with van der Waals surface area (Å²) in [6.45, 7) is 7.80. The van der Waals surface area contributed by atoms with E-state index in [1.54, 1.807) is 0 Å². The third kappa shape index (κ3) is 3.88. The first-order chi connectivity index (χ1) is 9.61. The van der Waals surface area contributed by atoms with Gasteiger partial charge >= 0.3 is 0 Å². The second-order valence-electron chi connectivity index (χ2n) is 6.40. The largest absolute Gasteiger partial charge is 0.368 e. The third-order valence-electron chi connectivity index (χ3n) is 4.26. The Morgan fingerprint density at radius 2 is 2.05 bits per heavy atom. The lowest BCUT2D eigenvalue weighted by atomic mass is 10.1. The van der Waals surface area contributed by atoms with Gasteiger partial charge in [0.1, 0.15) is 0 Å². The minimum absolute atomic E-state index is 0.549. The van der Waals surface area contributed by atoms with Gasteiger partial charge in [0.05, 0.1) is 5.88 Å². The molecule has 1 aromatic heterocycles. The highest BCUT2D eigenvalue weighted by molar-refractivity contribution is 6.17. The molecule has 0 aliphatic heterocycles. The van der Waals surface area contributed by atoms with Gasteiger partial charge in [-0.1, -0.05) is 26.7 Å². The van der Waals surface area contributed by atoms with Crippen molar-refractivity contribution in [3.05, 3.63) is 23.5 Å². The van der Waals surface area contributed by atoms with E-state index in [1.165, 1.54) is 43.4 Å². The quantitative estimate of drug-likeness (QED) is 0.692. The maximum absolute atomic E-state index is 6.13. The van der Waals surface area contributed by atoms with Crippen molar-refractivity contribution in [2.75, 3.05) is 11.4 Å². The average Bonchev–Trinajstić information content (AvgIpc) is 2.93. The first-order valence-corrected chi connectivity index (χ1v) is 8.43. The van der Waals surface area contributed by atoms with E-state index in [4.69, 9.17) is 11.6 Å². The van der Waals surface area contributed by atoms with Crippen molar-refractivity contribution < 1.29 is 0 Å². The fourth-order valence-electron chi connectivity index (χ4n) is 3.06. The van der Waals surface area contributed by atoms with E-state index < -0.39 is 0 Å². The van der Waals surface area contributed by atoms with E-state index in [0.717, 1.165) is 18.2 Å². The normalized spacial score (nSPS) is 16.1. The predicted molar refractivity (Wildman–Crippen MR) is 87.6 cm³/mol. The van der Waals surface area contributed by atoms with Gasteiger partial charge < -0.3 is 4.90 Å². The van der Waals surface area contributed by atoms with E-state index in [-0.39, 0.29) is 0 Å². The first kappa shape index (κ1) is 15.6. The molecule has 0 saturated heterocycles. The van der Waals surface area contributed by atoms with Crippen LogP contribution in [0.1, 0.15) is 57.2 Å². The second-order valence-corrected chi connectivity index (χ2v) is 6.67. The smallest absolute Gasteiger partial charge is 0.0509 e. The number of pyridine rings is 1. The van der Waals surface area contributed by atoms with Crippen LogP contribution in [-0.4, -0.2) is 17.6 Å². The minimum atomic E-state index is 0.549. The van der Waals surface area contributed by atoms with Crippen LogP contribution in [0.15, 0.2) is 12.3 Å². The summed E-state index contributed by atoms with van der Waals surface area (Å²) in [6.07, 6.45) is 8.56. The van der Waals surface area contributed by atoms with Crippen LogP contribution in [0.3, 0.4) is 0 Å². The van der Waals surface area contributed by atoms with E-state index >= 15 is 0 Å². The van der Waals surface area contributed by atoms with Gasteiger partial charge in [0.2, 0.25) is 0 Å². The Morgan fingerprint density at radius 1 is 1.35 bits per heavy atom. The summed E-state index contributed by atoms with van der Waals surface area (Å²) in [7, 11) is 0. The number of anilines is 1. The topological polar surface area (TPSA) is 16.1 Å². The van der Waals surface area contributed by atoms with Gasteiger partial charge in [-0.15, -0.1) is 11.6 Å². The zero-order valence-corrected chi connectivity index (χ0v) is 13.8. The van der Waals surface area contributed by atoms with E-state index in [1.807, 2.05) is 6.20 Å². The zero-order valence-electron chi connectivity index (χ0n) is 13.0. The summed E-state index contributed by atoms with van der Waals surface area (Å²) < 4.78 is 0. The molecule has 1 aromatic rings. The molecule has 0 spiro atoms. The molecule has 0 N–H and O–H groups in total. The number of nitrogens with zero attached hydrogens (tertiary/aromatic N) is 2. The number of hydrogen-bond acceptors (Lipinski definition) is 2. The SMILES string of the molecule is Cc1cc(N(CCC(C)C)C2CCCC2)c(CCl)cn1. The molecule has 1 fully saturated rings. The van der Waals surface area contributed by atoms with E-state index in [9.17, 15) is 0 Å². The van der Waals surface area contributed by atoms with Crippen LogP contribution in [0.2, 0.25) is 0 Å². The van der Waals surface area contributed by atoms with Gasteiger partial charge in [-0.25, -0.2) is 0 Å². The van der Waals surface area contributed by atoms with Gasteiger partial charge in [0.15, 0.2) is 0 Å². The van der Waals surface area contributed by atoms with Gasteiger partial charge in [-0.2, -0.15) is 0 Å². The number of alkyl halides is 1. The Kier molecular flexibility index (Phi) is 5.71. The third-order valence-corrected chi connectivity index (χ3v) is 4.55. The summed E-state index contributed by atoms with van der Waals surface area (Å²) in [6, 6.07) is 2.91. The summed E-state index contributed by atoms with van der Waals surface area (Å²) >= 11 is 6.13. The lowest BCUT2D eigenvalue weighted by Gasteiger charge is -2.33. The molecule has 1 saturated carbocycles. The van der Waals surface area contributed by atoms with Crippen molar-refractivity contribution >= 4 is 17.3 Å². The van der Waals surface area contributed by atoms with Crippen LogP contribution in [0.25, 0.3) is 0 Å². The zero-order chi connectivity index (χ0) is 14.5. The molecule has 0 atom stereocenters. The maximum Gasteiger partial charge on any atom is 0.0509 e. The summed E-state index contributed by atoms with van der Waals surface area (Å²) in [5.74, 6) is 1.29. The van der Waals surface area contributed by atoms with Crippen LogP contribution in [-0.2, 0) is 5.88 Å². The average molecular weight is 295 g/mol. The van der Waals surface area contributed by atoms with Gasteiger partial charge in [0, 0.05) is 35.7 Å². The van der Waals surface area contributed by atoms with Crippen molar-refractivity contribution in [3.63, 3.8) is 0 Å². The van der Waals surface area contributed by atoms with Crippen LogP contribution < -0.4 is 4.90 Å². The molecule has 1 heterocycles. The predicted octanol–water partition coefficient (Wildman–Crippen LogP) is 4.92. The Morgan fingerprint density at radius 3 is 2.65 bits per heavy atom. The van der Waals surface area contributed by atoms with Crippen LogP contribution >= 0.6 is 11.6 Å². The molecule has 2 rings (SSSR count). The Balaban J connectivity index is 2.26. The number of aromatic nitrogens is 1. The molecule has 0 bridgehead atoms. The van der Waals surface area contributed by atoms with Gasteiger partial charge in [-0.3, -0.25) is 4.98 Å². The lowest BCUT2D eigenvalue weighted by molar-refractivity contribution is 0.527. The molecule has 1 aliphatic carbocycles. The van der Waals surface area contributed by atoms with Crippen LogP contribution in [0.5, 0.6) is 0 Å². The molecular formula is C17H27ClN2. The van der Waals surface area contributed by atoms with Crippen LogP contribution in [0.4, 0.5) is 5.69 Å². The van der Waals surface area contributed by atoms with Crippen molar-refractivity contribution in [3.8, 4) is 0 Å². The number of aryl methyl sites for hydroxylation is 1. The van der Waals surface area contributed by atoms with E-state index in [2.05, 4.69) is 36.7 Å².